The first-order valence-electron chi connectivity index (χ1n) is 13.7. The Morgan fingerprint density at radius 3 is 1.87 bits per heavy atom. The van der Waals surface area contributed by atoms with Gasteiger partial charge in [0.2, 0.25) is 0 Å². The van der Waals surface area contributed by atoms with E-state index in [0.29, 0.717) is 48.6 Å². The molecule has 2 saturated carbocycles. The van der Waals surface area contributed by atoms with Crippen molar-refractivity contribution in [2.24, 2.45) is 0 Å². The molecule has 7 nitrogen and oxygen atoms in total. The number of benzene rings is 1. The van der Waals surface area contributed by atoms with E-state index >= 15 is 0 Å². The number of nitrogens with one attached hydrogen (secondary N) is 4. The van der Waals surface area contributed by atoms with Crippen LogP contribution >= 0.6 is 20.2 Å². The van der Waals surface area contributed by atoms with Gasteiger partial charge in [0.15, 0.2) is 5.75 Å². The molecule has 0 amide bonds. The van der Waals surface area contributed by atoms with Crippen LogP contribution < -0.4 is 26.0 Å². The van der Waals surface area contributed by atoms with Gasteiger partial charge >= 0.3 is 39.3 Å². The molecule has 2 heterocycles. The molecule has 2 aliphatic carbocycles. The molecular formula is C28H39Cl2MnN5O2. The van der Waals surface area contributed by atoms with Crippen LogP contribution in [0.4, 0.5) is 0 Å². The summed E-state index contributed by atoms with van der Waals surface area (Å²) < 4.78 is 5.83. The number of pyridine rings is 1. The Labute approximate surface area is 241 Å². The zero-order chi connectivity index (χ0) is 26.6. The second-order valence-electron chi connectivity index (χ2n) is 10.2. The van der Waals surface area contributed by atoms with Crippen molar-refractivity contribution in [3.8, 4) is 5.75 Å². The predicted octanol–water partition coefficient (Wildman–Crippen LogP) is 4.67. The molecule has 4 N–H and O–H groups in total. The van der Waals surface area contributed by atoms with Crippen molar-refractivity contribution in [1.29, 1.82) is 0 Å². The van der Waals surface area contributed by atoms with Gasteiger partial charge in [0.05, 0.1) is 17.0 Å². The molecule has 209 valence electrons. The summed E-state index contributed by atoms with van der Waals surface area (Å²) in [4.78, 5) is 17.7. The molecule has 2 aromatic rings. The maximum absolute atomic E-state index is 12.8. The summed E-state index contributed by atoms with van der Waals surface area (Å²) in [6, 6.07) is 14.8. The third-order valence-corrected chi connectivity index (χ3v) is 7.75. The van der Waals surface area contributed by atoms with E-state index in [1.807, 2.05) is 30.3 Å². The van der Waals surface area contributed by atoms with Gasteiger partial charge in [0.25, 0.3) is 0 Å². The van der Waals surface area contributed by atoms with E-state index in [2.05, 4.69) is 21.3 Å². The van der Waals surface area contributed by atoms with Crippen molar-refractivity contribution in [2.45, 2.75) is 88.6 Å². The van der Waals surface area contributed by atoms with Crippen molar-refractivity contribution in [3.05, 3.63) is 59.4 Å². The molecule has 0 saturated heterocycles. The van der Waals surface area contributed by atoms with Crippen molar-refractivity contribution in [3.63, 3.8) is 0 Å². The second-order valence-corrected chi connectivity index (χ2v) is 12.2. The Hall–Kier alpha value is -1.22. The van der Waals surface area contributed by atoms with E-state index in [1.165, 1.54) is 44.9 Å². The van der Waals surface area contributed by atoms with Crippen molar-refractivity contribution in [1.82, 2.24) is 26.3 Å². The summed E-state index contributed by atoms with van der Waals surface area (Å²) >= 11 is 0.00694. The molecule has 0 spiro atoms. The number of fused-ring (bicyclic) bond motifs is 4. The molecule has 1 aliphatic heterocycles. The van der Waals surface area contributed by atoms with Gasteiger partial charge in [-0.25, -0.2) is 4.79 Å². The molecule has 1 aromatic heterocycles. The van der Waals surface area contributed by atoms with Crippen LogP contribution in [0.3, 0.4) is 0 Å². The monoisotopic (exact) mass is 602 g/mol. The van der Waals surface area contributed by atoms with E-state index in [-0.39, 0.29) is 19.1 Å². The fraction of sp³-hybridized carbons (Fsp3) is 0.571. The molecule has 1 aromatic carbocycles. The Morgan fingerprint density at radius 2 is 1.29 bits per heavy atom. The van der Waals surface area contributed by atoms with Crippen LogP contribution in [0.2, 0.25) is 0 Å². The SMILES string of the molecule is O=C(Oc1ccc2nc1CN[C@@H]1CCCC[C@H]1NCCN[C@@H]1CCCC[C@H]1NC2)c1ccccc1.[Cl][Mn][Cl]. The number of hydrogen-bond acceptors (Lipinski definition) is 7. The van der Waals surface area contributed by atoms with E-state index in [1.54, 1.807) is 12.1 Å². The Morgan fingerprint density at radius 1 is 0.763 bits per heavy atom. The third-order valence-electron chi connectivity index (χ3n) is 7.75. The Bertz CT molecular complexity index is 1000. The minimum atomic E-state index is -0.348. The normalized spacial score (nSPS) is 26.3. The van der Waals surface area contributed by atoms with E-state index in [0.717, 1.165) is 30.9 Å². The van der Waals surface area contributed by atoms with Gasteiger partial charge < -0.3 is 26.0 Å². The fourth-order valence-electron chi connectivity index (χ4n) is 5.80. The van der Waals surface area contributed by atoms with Gasteiger partial charge in [-0.3, -0.25) is 4.98 Å². The van der Waals surface area contributed by atoms with Gasteiger partial charge in [-0.15, -0.1) is 0 Å². The van der Waals surface area contributed by atoms with E-state index in [4.69, 9.17) is 29.9 Å². The van der Waals surface area contributed by atoms with Gasteiger partial charge in [-0.05, 0) is 49.9 Å². The molecule has 2 fully saturated rings. The summed E-state index contributed by atoms with van der Waals surface area (Å²) in [6.45, 7) is 3.28. The van der Waals surface area contributed by atoms with Crippen LogP contribution in [-0.2, 0) is 26.2 Å². The number of esters is 1. The molecule has 4 atom stereocenters. The van der Waals surface area contributed by atoms with Crippen LogP contribution in [0.5, 0.6) is 5.75 Å². The second kappa shape index (κ2) is 16.1. The predicted molar refractivity (Wildman–Crippen MR) is 149 cm³/mol. The average molecular weight is 603 g/mol. The van der Waals surface area contributed by atoms with E-state index < -0.39 is 0 Å². The number of hydrogen-bond donors (Lipinski definition) is 4. The number of ether oxygens (including phenoxy) is 1. The van der Waals surface area contributed by atoms with E-state index in [9.17, 15) is 4.79 Å². The minimum absolute atomic E-state index is 0.00694. The first-order valence-corrected chi connectivity index (χ1v) is 17.0. The zero-order valence-corrected chi connectivity index (χ0v) is 24.4. The fourth-order valence-corrected chi connectivity index (χ4v) is 5.80. The molecular weight excluding hydrogens is 564 g/mol. The molecule has 10 heteroatoms. The Kier molecular flexibility index (Phi) is 12.6. The van der Waals surface area contributed by atoms with Gasteiger partial charge in [-0.1, -0.05) is 43.9 Å². The number of aromatic nitrogens is 1. The average Bonchev–Trinajstić information content (AvgIpc) is 2.96. The Balaban J connectivity index is 0.00000107. The summed E-state index contributed by atoms with van der Waals surface area (Å²) in [6.07, 6.45) is 9.83. The molecule has 5 rings (SSSR count). The number of carbonyl (C=O) groups excluding carboxylic acids is 1. The van der Waals surface area contributed by atoms with Crippen molar-refractivity contribution >= 4 is 26.2 Å². The standard InChI is InChI=1S/C28H39N5O2.2ClH.Mn/c34-28(20-8-2-1-3-9-20)35-27-15-14-21-18-31-24-12-6-4-10-22(24)29-16-17-30-23-11-5-7-13-25(23)32-19-26(27)33-21;;;/h1-3,8-9,14-15,22-25,29-32H,4-7,10-13,16-19H2;2*1H;/q;;;+2/p-2/t22-,23-,24-,25-;;;/m1.../s1. The molecule has 38 heavy (non-hydrogen) atoms. The number of nitrogens with zero attached hydrogens (tertiary/aromatic N) is 1. The zero-order valence-electron chi connectivity index (χ0n) is 21.7. The van der Waals surface area contributed by atoms with Crippen molar-refractivity contribution < 1.29 is 22.7 Å². The van der Waals surface area contributed by atoms with Crippen LogP contribution in [0, 0.1) is 0 Å². The molecule has 3 aliphatic rings. The summed E-state index contributed by atoms with van der Waals surface area (Å²) in [5, 5.41) is 15.1. The molecule has 0 radical (unpaired) electrons. The van der Waals surface area contributed by atoms with Gasteiger partial charge in [-0.2, -0.15) is 0 Å². The summed E-state index contributed by atoms with van der Waals surface area (Å²) in [5.74, 6) is 0.190. The third kappa shape index (κ3) is 8.90. The van der Waals surface area contributed by atoms with Crippen LogP contribution in [0.15, 0.2) is 42.5 Å². The van der Waals surface area contributed by atoms with Gasteiger partial charge in [0.1, 0.15) is 0 Å². The number of carbonyl (C=O) groups is 1. The number of rotatable bonds is 2. The van der Waals surface area contributed by atoms with Crippen molar-refractivity contribution in [2.75, 3.05) is 13.1 Å². The topological polar surface area (TPSA) is 87.3 Å². The van der Waals surface area contributed by atoms with Crippen LogP contribution in [0.25, 0.3) is 0 Å². The first kappa shape index (κ1) is 29.8. The maximum atomic E-state index is 12.8. The van der Waals surface area contributed by atoms with Gasteiger partial charge in [0, 0.05) is 50.3 Å². The summed E-state index contributed by atoms with van der Waals surface area (Å²) in [7, 11) is 9.59. The molecule has 0 unspecified atom stereocenters. The summed E-state index contributed by atoms with van der Waals surface area (Å²) in [5.41, 5.74) is 2.33. The van der Waals surface area contributed by atoms with Crippen LogP contribution in [0.1, 0.15) is 73.1 Å². The number of halogens is 2. The quantitative estimate of drug-likeness (QED) is 0.293. The molecule has 2 bridgehead atoms. The first-order chi connectivity index (χ1) is 18.7. The van der Waals surface area contributed by atoms with Crippen LogP contribution in [-0.4, -0.2) is 48.2 Å².